The maximum Gasteiger partial charge on any atom is 0.222 e. The van der Waals surface area contributed by atoms with Gasteiger partial charge in [-0.3, -0.25) is 0 Å². The average Bonchev–Trinajstić information content (AvgIpc) is 2.75. The van der Waals surface area contributed by atoms with Gasteiger partial charge in [0.15, 0.2) is 0 Å². The molecule has 0 saturated carbocycles. The van der Waals surface area contributed by atoms with E-state index in [1.165, 1.54) is 5.56 Å². The summed E-state index contributed by atoms with van der Waals surface area (Å²) in [5.41, 5.74) is 3.12. The summed E-state index contributed by atoms with van der Waals surface area (Å²) >= 11 is 5.77. The number of rotatable bonds is 1. The molecule has 16 heavy (non-hydrogen) atoms. The van der Waals surface area contributed by atoms with Crippen LogP contribution in [-0.4, -0.2) is 16.6 Å². The minimum Gasteiger partial charge on any atom is -0.493 e. The molecule has 0 radical (unpaired) electrons. The van der Waals surface area contributed by atoms with Gasteiger partial charge in [0.05, 0.1) is 12.3 Å². The van der Waals surface area contributed by atoms with E-state index in [0.29, 0.717) is 0 Å². The van der Waals surface area contributed by atoms with E-state index in [2.05, 4.69) is 16.0 Å². The van der Waals surface area contributed by atoms with E-state index in [-0.39, 0.29) is 5.28 Å². The quantitative estimate of drug-likeness (QED) is 0.710. The minimum atomic E-state index is 0.272. The van der Waals surface area contributed by atoms with Crippen molar-refractivity contribution in [2.75, 3.05) is 6.61 Å². The van der Waals surface area contributed by atoms with Crippen molar-refractivity contribution < 1.29 is 4.74 Å². The smallest absolute Gasteiger partial charge is 0.222 e. The van der Waals surface area contributed by atoms with Crippen LogP contribution in [0.3, 0.4) is 0 Å². The van der Waals surface area contributed by atoms with Gasteiger partial charge in [-0.25, -0.2) is 9.97 Å². The predicted molar refractivity (Wildman–Crippen MR) is 61.7 cm³/mol. The summed E-state index contributed by atoms with van der Waals surface area (Å²) in [6.45, 7) is 0.767. The normalized spacial score (nSPS) is 13.3. The molecule has 0 bridgehead atoms. The molecule has 2 heterocycles. The van der Waals surface area contributed by atoms with E-state index in [0.717, 1.165) is 30.0 Å². The van der Waals surface area contributed by atoms with Gasteiger partial charge in [0.25, 0.3) is 0 Å². The van der Waals surface area contributed by atoms with Crippen LogP contribution in [0, 0.1) is 0 Å². The molecule has 4 heteroatoms. The second kappa shape index (κ2) is 3.76. The number of ether oxygens (including phenoxy) is 1. The zero-order chi connectivity index (χ0) is 11.0. The molecule has 1 aromatic carbocycles. The van der Waals surface area contributed by atoms with Crippen LogP contribution in [-0.2, 0) is 6.42 Å². The predicted octanol–water partition coefficient (Wildman–Crippen LogP) is 2.73. The summed E-state index contributed by atoms with van der Waals surface area (Å²) in [5.74, 6) is 0.976. The Morgan fingerprint density at radius 3 is 3.06 bits per heavy atom. The Balaban J connectivity index is 2.07. The Morgan fingerprint density at radius 1 is 1.25 bits per heavy atom. The minimum absolute atomic E-state index is 0.272. The number of nitrogens with zero attached hydrogens (tertiary/aromatic N) is 2. The molecule has 2 aromatic rings. The molecule has 0 unspecified atom stereocenters. The summed E-state index contributed by atoms with van der Waals surface area (Å²) < 4.78 is 5.45. The third kappa shape index (κ3) is 1.63. The first kappa shape index (κ1) is 9.60. The largest absolute Gasteiger partial charge is 0.493 e. The van der Waals surface area contributed by atoms with Crippen LogP contribution in [0.2, 0.25) is 5.28 Å². The fraction of sp³-hybridized carbons (Fsp3) is 0.167. The Morgan fingerprint density at radius 2 is 2.19 bits per heavy atom. The van der Waals surface area contributed by atoms with Crippen molar-refractivity contribution in [1.29, 1.82) is 0 Å². The Labute approximate surface area is 98.1 Å². The van der Waals surface area contributed by atoms with E-state index < -0.39 is 0 Å². The standard InChI is InChI=1S/C12H9ClN2O/c13-12-14-5-3-10(15-12)8-1-2-11-9(7-8)4-6-16-11/h1-3,5,7H,4,6H2. The van der Waals surface area contributed by atoms with Crippen molar-refractivity contribution in [3.05, 3.63) is 41.3 Å². The molecule has 0 atom stereocenters. The van der Waals surface area contributed by atoms with Crippen molar-refractivity contribution in [1.82, 2.24) is 9.97 Å². The first-order valence-electron chi connectivity index (χ1n) is 5.07. The zero-order valence-electron chi connectivity index (χ0n) is 8.48. The number of hydrogen-bond donors (Lipinski definition) is 0. The maximum absolute atomic E-state index is 5.77. The van der Waals surface area contributed by atoms with Gasteiger partial charge in [0.2, 0.25) is 5.28 Å². The van der Waals surface area contributed by atoms with Crippen LogP contribution in [0.4, 0.5) is 0 Å². The molecular formula is C12H9ClN2O. The molecule has 3 rings (SSSR count). The number of benzene rings is 1. The fourth-order valence-electron chi connectivity index (χ4n) is 1.84. The SMILES string of the molecule is Clc1nccc(-c2ccc3c(c2)CCO3)n1. The topological polar surface area (TPSA) is 35.0 Å². The van der Waals surface area contributed by atoms with Crippen LogP contribution in [0.5, 0.6) is 5.75 Å². The summed E-state index contributed by atoms with van der Waals surface area (Å²) in [5, 5.41) is 0.272. The van der Waals surface area contributed by atoms with Crippen molar-refractivity contribution >= 4 is 11.6 Å². The lowest BCUT2D eigenvalue weighted by atomic mass is 10.1. The lowest BCUT2D eigenvalue weighted by Gasteiger charge is -2.03. The van der Waals surface area contributed by atoms with Gasteiger partial charge in [-0.15, -0.1) is 0 Å². The van der Waals surface area contributed by atoms with Gasteiger partial charge in [0.1, 0.15) is 5.75 Å². The Bertz CT molecular complexity index is 542. The van der Waals surface area contributed by atoms with Crippen molar-refractivity contribution in [2.24, 2.45) is 0 Å². The van der Waals surface area contributed by atoms with Gasteiger partial charge >= 0.3 is 0 Å². The molecule has 3 nitrogen and oxygen atoms in total. The molecule has 0 amide bonds. The highest BCUT2D eigenvalue weighted by atomic mass is 35.5. The van der Waals surface area contributed by atoms with Crippen LogP contribution in [0.1, 0.15) is 5.56 Å². The lowest BCUT2D eigenvalue weighted by molar-refractivity contribution is 0.357. The number of hydrogen-bond acceptors (Lipinski definition) is 3. The van der Waals surface area contributed by atoms with E-state index in [1.807, 2.05) is 18.2 Å². The van der Waals surface area contributed by atoms with Crippen LogP contribution in [0.25, 0.3) is 11.3 Å². The van der Waals surface area contributed by atoms with Gasteiger partial charge in [-0.05, 0) is 41.4 Å². The zero-order valence-corrected chi connectivity index (χ0v) is 9.24. The van der Waals surface area contributed by atoms with E-state index in [1.54, 1.807) is 6.20 Å². The second-order valence-corrected chi connectivity index (χ2v) is 3.97. The average molecular weight is 233 g/mol. The highest BCUT2D eigenvalue weighted by Crippen LogP contribution is 2.29. The number of fused-ring (bicyclic) bond motifs is 1. The monoisotopic (exact) mass is 232 g/mol. The molecule has 1 aromatic heterocycles. The molecule has 1 aliphatic rings. The third-order valence-electron chi connectivity index (χ3n) is 2.61. The van der Waals surface area contributed by atoms with Gasteiger partial charge in [-0.1, -0.05) is 0 Å². The van der Waals surface area contributed by atoms with Gasteiger partial charge < -0.3 is 4.74 Å². The first-order chi connectivity index (χ1) is 7.83. The third-order valence-corrected chi connectivity index (χ3v) is 2.79. The van der Waals surface area contributed by atoms with Crippen molar-refractivity contribution in [2.45, 2.75) is 6.42 Å². The van der Waals surface area contributed by atoms with E-state index in [9.17, 15) is 0 Å². The highest BCUT2D eigenvalue weighted by molar-refractivity contribution is 6.28. The maximum atomic E-state index is 5.77. The highest BCUT2D eigenvalue weighted by Gasteiger charge is 2.13. The van der Waals surface area contributed by atoms with E-state index >= 15 is 0 Å². The summed E-state index contributed by atoms with van der Waals surface area (Å²) in [6, 6.07) is 7.92. The summed E-state index contributed by atoms with van der Waals surface area (Å²) in [6.07, 6.45) is 2.62. The van der Waals surface area contributed by atoms with Gasteiger partial charge in [-0.2, -0.15) is 0 Å². The Hall–Kier alpha value is -1.61. The second-order valence-electron chi connectivity index (χ2n) is 3.63. The van der Waals surface area contributed by atoms with E-state index in [4.69, 9.17) is 16.3 Å². The lowest BCUT2D eigenvalue weighted by Crippen LogP contribution is -1.87. The number of halogens is 1. The molecule has 0 spiro atoms. The molecule has 0 aliphatic carbocycles. The molecular weight excluding hydrogens is 224 g/mol. The summed E-state index contributed by atoms with van der Waals surface area (Å²) in [4.78, 5) is 8.05. The number of aromatic nitrogens is 2. The summed E-state index contributed by atoms with van der Waals surface area (Å²) in [7, 11) is 0. The molecule has 0 N–H and O–H groups in total. The molecule has 0 fully saturated rings. The van der Waals surface area contributed by atoms with Gasteiger partial charge in [0, 0.05) is 18.2 Å². The fourth-order valence-corrected chi connectivity index (χ4v) is 1.99. The van der Waals surface area contributed by atoms with Crippen LogP contribution >= 0.6 is 11.6 Å². The Kier molecular flexibility index (Phi) is 2.26. The van der Waals surface area contributed by atoms with Crippen LogP contribution < -0.4 is 4.74 Å². The first-order valence-corrected chi connectivity index (χ1v) is 5.45. The molecule has 0 saturated heterocycles. The van der Waals surface area contributed by atoms with Crippen LogP contribution in [0.15, 0.2) is 30.5 Å². The molecule has 1 aliphatic heterocycles. The molecule has 80 valence electrons. The van der Waals surface area contributed by atoms with Crippen molar-refractivity contribution in [3.63, 3.8) is 0 Å². The van der Waals surface area contributed by atoms with Crippen molar-refractivity contribution in [3.8, 4) is 17.0 Å².